The Morgan fingerprint density at radius 2 is 2.12 bits per heavy atom. The highest BCUT2D eigenvalue weighted by molar-refractivity contribution is 7.22. The lowest BCUT2D eigenvalue weighted by Crippen LogP contribution is -2.30. The number of aryl methyl sites for hydroxylation is 1. The molecule has 1 unspecified atom stereocenters. The number of hydrogen-bond donors (Lipinski definition) is 1. The molecule has 162 valence electrons. The highest BCUT2D eigenvalue weighted by atomic mass is 32.1. The van der Waals surface area contributed by atoms with Gasteiger partial charge in [-0.3, -0.25) is 14.5 Å². The van der Waals surface area contributed by atoms with Crippen LogP contribution in [-0.2, 0) is 4.79 Å². The van der Waals surface area contributed by atoms with Crippen molar-refractivity contribution < 1.29 is 23.8 Å². The van der Waals surface area contributed by atoms with Crippen LogP contribution in [0.4, 0.5) is 5.13 Å². The van der Waals surface area contributed by atoms with Gasteiger partial charge in [-0.2, -0.15) is 0 Å². The predicted molar refractivity (Wildman–Crippen MR) is 123 cm³/mol. The van der Waals surface area contributed by atoms with Gasteiger partial charge < -0.3 is 14.3 Å². The van der Waals surface area contributed by atoms with E-state index < -0.39 is 23.5 Å². The van der Waals surface area contributed by atoms with E-state index in [1.54, 1.807) is 19.1 Å². The molecule has 1 aliphatic heterocycles. The molecule has 0 saturated heterocycles. The number of aliphatic hydroxyl groups is 1. The normalized spacial score (nSPS) is 16.4. The van der Waals surface area contributed by atoms with Crippen molar-refractivity contribution in [2.24, 2.45) is 0 Å². The lowest BCUT2D eigenvalue weighted by molar-refractivity contribution is -0.117. The topological polar surface area (TPSA) is 92.9 Å². The Morgan fingerprint density at radius 3 is 2.81 bits per heavy atom. The van der Waals surface area contributed by atoms with Gasteiger partial charge in [0.25, 0.3) is 5.91 Å². The molecule has 7 nitrogen and oxygen atoms in total. The number of rotatable bonds is 6. The fraction of sp³-hybridized carbons (Fsp3) is 0.174. The number of nitrogens with zero attached hydrogens (tertiary/aromatic N) is 2. The zero-order valence-electron chi connectivity index (χ0n) is 17.2. The fourth-order valence-electron chi connectivity index (χ4n) is 3.69. The number of furan rings is 1. The van der Waals surface area contributed by atoms with Crippen LogP contribution < -0.4 is 9.64 Å². The van der Waals surface area contributed by atoms with Gasteiger partial charge in [0, 0.05) is 4.88 Å². The molecule has 0 radical (unpaired) electrons. The number of ether oxygens (including phenoxy) is 1. The predicted octanol–water partition coefficient (Wildman–Crippen LogP) is 5.44. The summed E-state index contributed by atoms with van der Waals surface area (Å²) in [4.78, 5) is 33.2. The second-order valence-electron chi connectivity index (χ2n) is 7.15. The molecule has 0 fully saturated rings. The van der Waals surface area contributed by atoms with Crippen molar-refractivity contribution in [3.05, 3.63) is 75.6 Å². The Bertz CT molecular complexity index is 1370. The van der Waals surface area contributed by atoms with Crippen molar-refractivity contribution >= 4 is 49.7 Å². The van der Waals surface area contributed by atoms with Gasteiger partial charge in [-0.1, -0.05) is 17.4 Å². The molecule has 1 aromatic carbocycles. The van der Waals surface area contributed by atoms with Gasteiger partial charge in [0.15, 0.2) is 16.7 Å². The fourth-order valence-corrected chi connectivity index (χ4v) is 5.54. The van der Waals surface area contributed by atoms with Crippen LogP contribution in [0.3, 0.4) is 0 Å². The van der Waals surface area contributed by atoms with Gasteiger partial charge in [0.05, 0.1) is 22.4 Å². The second kappa shape index (κ2) is 7.92. The van der Waals surface area contributed by atoms with Gasteiger partial charge in [-0.15, -0.1) is 11.3 Å². The molecule has 0 saturated carbocycles. The summed E-state index contributed by atoms with van der Waals surface area (Å²) in [6, 6.07) is 11.6. The highest BCUT2D eigenvalue weighted by Crippen LogP contribution is 2.45. The van der Waals surface area contributed by atoms with Gasteiger partial charge in [-0.25, -0.2) is 4.98 Å². The SMILES string of the molecule is CCOc1ccc2nc(N3C(=O)C(O)=C(C(=O)c4ccc(C)o4)C3c3cccs3)sc2c1. The number of anilines is 1. The summed E-state index contributed by atoms with van der Waals surface area (Å²) < 4.78 is 11.9. The second-order valence-corrected chi connectivity index (χ2v) is 9.14. The van der Waals surface area contributed by atoms with E-state index >= 15 is 0 Å². The largest absolute Gasteiger partial charge is 0.503 e. The number of fused-ring (bicyclic) bond motifs is 1. The number of amides is 1. The summed E-state index contributed by atoms with van der Waals surface area (Å²) >= 11 is 2.70. The molecular formula is C23H18N2O5S2. The van der Waals surface area contributed by atoms with E-state index in [4.69, 9.17) is 9.15 Å². The third-order valence-electron chi connectivity index (χ3n) is 5.10. The first-order valence-corrected chi connectivity index (χ1v) is 11.6. The van der Waals surface area contributed by atoms with Crippen LogP contribution in [0.5, 0.6) is 5.75 Å². The zero-order valence-corrected chi connectivity index (χ0v) is 18.8. The number of ketones is 1. The molecule has 1 aliphatic rings. The number of carbonyl (C=O) groups excluding carboxylic acids is 2. The van der Waals surface area contributed by atoms with Crippen LogP contribution in [0, 0.1) is 6.92 Å². The molecule has 1 atom stereocenters. The number of benzene rings is 1. The van der Waals surface area contributed by atoms with E-state index in [1.165, 1.54) is 27.6 Å². The number of aliphatic hydroxyl groups excluding tert-OH is 1. The van der Waals surface area contributed by atoms with Crippen LogP contribution in [0.2, 0.25) is 0 Å². The van der Waals surface area contributed by atoms with Crippen LogP contribution in [0.1, 0.15) is 34.2 Å². The van der Waals surface area contributed by atoms with E-state index in [0.717, 1.165) is 9.58 Å². The molecule has 5 rings (SSSR count). The molecule has 0 spiro atoms. The summed E-state index contributed by atoms with van der Waals surface area (Å²) in [6.07, 6.45) is 0. The quantitative estimate of drug-likeness (QED) is 0.380. The lowest BCUT2D eigenvalue weighted by Gasteiger charge is -2.22. The maximum Gasteiger partial charge on any atom is 0.296 e. The molecule has 9 heteroatoms. The number of hydrogen-bond acceptors (Lipinski definition) is 8. The van der Waals surface area contributed by atoms with Crippen LogP contribution in [0.25, 0.3) is 10.2 Å². The van der Waals surface area contributed by atoms with Crippen molar-refractivity contribution in [3.8, 4) is 5.75 Å². The molecule has 32 heavy (non-hydrogen) atoms. The summed E-state index contributed by atoms with van der Waals surface area (Å²) in [6.45, 7) is 4.17. The Labute approximate surface area is 191 Å². The third kappa shape index (κ3) is 3.30. The van der Waals surface area contributed by atoms with Crippen molar-refractivity contribution in [2.75, 3.05) is 11.5 Å². The van der Waals surface area contributed by atoms with Crippen LogP contribution in [-0.4, -0.2) is 28.4 Å². The molecule has 3 aromatic heterocycles. The molecule has 4 aromatic rings. The minimum atomic E-state index is -0.799. The average Bonchev–Trinajstić information content (AvgIpc) is 3.55. The Morgan fingerprint density at radius 1 is 1.28 bits per heavy atom. The highest BCUT2D eigenvalue weighted by Gasteiger charge is 2.47. The molecule has 1 amide bonds. The first kappa shape index (κ1) is 20.5. The van der Waals surface area contributed by atoms with E-state index in [9.17, 15) is 14.7 Å². The molecule has 4 heterocycles. The summed E-state index contributed by atoms with van der Waals surface area (Å²) in [7, 11) is 0. The molecule has 0 aliphatic carbocycles. The van der Waals surface area contributed by atoms with Gasteiger partial charge in [0.2, 0.25) is 5.78 Å². The van der Waals surface area contributed by atoms with E-state index in [2.05, 4.69) is 4.98 Å². The Hall–Kier alpha value is -3.43. The monoisotopic (exact) mass is 466 g/mol. The first-order valence-electron chi connectivity index (χ1n) is 9.92. The zero-order chi connectivity index (χ0) is 22.4. The number of Topliss-reactive ketones (excluding diaryl/α,β-unsaturated/α-hetero) is 1. The number of thiophene rings is 1. The minimum absolute atomic E-state index is 0.0129. The Kier molecular flexibility index (Phi) is 5.07. The standard InChI is InChI=1S/C23H18N2O5S2/c1-3-29-13-7-8-14-17(11-13)32-23(24-14)25-19(16-5-4-10-31-16)18(21(27)22(25)28)20(26)15-9-6-12(2)30-15/h4-11,19,27H,3H2,1-2H3. The Balaban J connectivity index is 1.62. The van der Waals surface area contributed by atoms with Gasteiger partial charge in [0.1, 0.15) is 17.6 Å². The molecule has 1 N–H and O–H groups in total. The number of carbonyl (C=O) groups is 2. The van der Waals surface area contributed by atoms with E-state index in [-0.39, 0.29) is 11.3 Å². The number of thiazole rings is 1. The van der Waals surface area contributed by atoms with Gasteiger partial charge >= 0.3 is 0 Å². The van der Waals surface area contributed by atoms with Crippen molar-refractivity contribution in [1.29, 1.82) is 0 Å². The maximum absolute atomic E-state index is 13.3. The first-order chi connectivity index (χ1) is 15.5. The van der Waals surface area contributed by atoms with Crippen molar-refractivity contribution in [2.45, 2.75) is 19.9 Å². The van der Waals surface area contributed by atoms with E-state index in [1.807, 2.05) is 42.6 Å². The minimum Gasteiger partial charge on any atom is -0.503 e. The van der Waals surface area contributed by atoms with Crippen molar-refractivity contribution in [1.82, 2.24) is 4.98 Å². The number of aromatic nitrogens is 1. The third-order valence-corrected chi connectivity index (χ3v) is 7.04. The van der Waals surface area contributed by atoms with Crippen LogP contribution in [0.15, 0.2) is 63.6 Å². The van der Waals surface area contributed by atoms with Gasteiger partial charge in [-0.05, 0) is 55.6 Å². The molecule has 0 bridgehead atoms. The summed E-state index contributed by atoms with van der Waals surface area (Å²) in [5.74, 6) is -0.423. The summed E-state index contributed by atoms with van der Waals surface area (Å²) in [5.41, 5.74) is 0.688. The maximum atomic E-state index is 13.3. The average molecular weight is 467 g/mol. The summed E-state index contributed by atoms with van der Waals surface area (Å²) in [5, 5.41) is 13.0. The lowest BCUT2D eigenvalue weighted by atomic mass is 10.0. The molecular weight excluding hydrogens is 448 g/mol. The van der Waals surface area contributed by atoms with Crippen LogP contribution >= 0.6 is 22.7 Å². The van der Waals surface area contributed by atoms with E-state index in [0.29, 0.717) is 28.8 Å². The smallest absolute Gasteiger partial charge is 0.296 e. The van der Waals surface area contributed by atoms with Crippen molar-refractivity contribution in [3.63, 3.8) is 0 Å².